The zero-order valence-corrected chi connectivity index (χ0v) is 18.4. The van der Waals surface area contributed by atoms with Crippen molar-refractivity contribution >= 4 is 23.5 Å². The average molecular weight is 438 g/mol. The second kappa shape index (κ2) is 8.47. The molecule has 0 aromatic heterocycles. The number of benzene rings is 2. The van der Waals surface area contributed by atoms with E-state index in [0.29, 0.717) is 18.5 Å². The molecule has 4 unspecified atom stereocenters. The number of hydrogen-bond acceptors (Lipinski definition) is 5. The molecule has 168 valence electrons. The maximum atomic E-state index is 13.7. The van der Waals surface area contributed by atoms with Gasteiger partial charge in [-0.25, -0.2) is 9.29 Å². The van der Waals surface area contributed by atoms with E-state index < -0.39 is 47.0 Å². The molecule has 2 amide bonds. The van der Waals surface area contributed by atoms with Gasteiger partial charge in [-0.15, -0.1) is 0 Å². The zero-order chi connectivity index (χ0) is 23.0. The topological polar surface area (TPSA) is 75.7 Å². The van der Waals surface area contributed by atoms with Gasteiger partial charge in [0.2, 0.25) is 11.8 Å². The normalized spacial score (nSPS) is 27.0. The van der Waals surface area contributed by atoms with E-state index in [2.05, 4.69) is 5.32 Å². The molecule has 4 rings (SSSR count). The number of ether oxygens (including phenoxy) is 1. The van der Waals surface area contributed by atoms with Crippen molar-refractivity contribution in [3.8, 4) is 0 Å². The van der Waals surface area contributed by atoms with Crippen molar-refractivity contribution in [2.24, 2.45) is 11.8 Å². The van der Waals surface area contributed by atoms with Crippen LogP contribution in [0.4, 0.5) is 10.1 Å². The van der Waals surface area contributed by atoms with Gasteiger partial charge >= 0.3 is 5.97 Å². The fourth-order valence-corrected chi connectivity index (χ4v) is 5.22. The summed E-state index contributed by atoms with van der Waals surface area (Å²) in [6, 6.07) is 12.4. The number of anilines is 1. The van der Waals surface area contributed by atoms with Crippen LogP contribution in [0.1, 0.15) is 43.9 Å². The summed E-state index contributed by atoms with van der Waals surface area (Å²) in [5, 5.41) is 3.39. The van der Waals surface area contributed by atoms with Crippen molar-refractivity contribution < 1.29 is 23.5 Å². The van der Waals surface area contributed by atoms with E-state index in [1.807, 2.05) is 38.1 Å². The molecule has 2 saturated heterocycles. The summed E-state index contributed by atoms with van der Waals surface area (Å²) in [5.74, 6) is -3.52. The number of amides is 2. The Bertz CT molecular complexity index is 1050. The fourth-order valence-electron chi connectivity index (χ4n) is 5.22. The molecule has 2 aromatic carbocycles. The summed E-state index contributed by atoms with van der Waals surface area (Å²) in [4.78, 5) is 41.8. The lowest BCUT2D eigenvalue weighted by atomic mass is 9.76. The van der Waals surface area contributed by atoms with Crippen molar-refractivity contribution in [3.63, 3.8) is 0 Å². The first-order chi connectivity index (χ1) is 15.4. The highest BCUT2D eigenvalue weighted by Crippen LogP contribution is 2.52. The van der Waals surface area contributed by atoms with Crippen molar-refractivity contribution in [2.75, 3.05) is 11.5 Å². The Hall–Kier alpha value is -3.06. The minimum atomic E-state index is -1.32. The monoisotopic (exact) mass is 438 g/mol. The molecule has 32 heavy (non-hydrogen) atoms. The van der Waals surface area contributed by atoms with E-state index in [4.69, 9.17) is 4.74 Å². The molecule has 7 heteroatoms. The van der Waals surface area contributed by atoms with Crippen molar-refractivity contribution in [1.82, 2.24) is 5.32 Å². The maximum absolute atomic E-state index is 13.7. The van der Waals surface area contributed by atoms with E-state index in [1.165, 1.54) is 24.3 Å². The third-order valence-corrected chi connectivity index (χ3v) is 6.55. The van der Waals surface area contributed by atoms with E-state index >= 15 is 0 Å². The quantitative estimate of drug-likeness (QED) is 0.550. The Balaban J connectivity index is 1.87. The number of nitrogens with zero attached hydrogens (tertiary/aromatic N) is 1. The van der Waals surface area contributed by atoms with Crippen LogP contribution in [0.25, 0.3) is 0 Å². The van der Waals surface area contributed by atoms with Gasteiger partial charge in [0, 0.05) is 6.04 Å². The lowest BCUT2D eigenvalue weighted by Gasteiger charge is -2.32. The van der Waals surface area contributed by atoms with Crippen LogP contribution in [-0.2, 0) is 19.1 Å². The second-order valence-corrected chi connectivity index (χ2v) is 8.41. The number of nitrogens with one attached hydrogen (secondary N) is 1. The van der Waals surface area contributed by atoms with Gasteiger partial charge in [-0.1, -0.05) is 37.6 Å². The Morgan fingerprint density at radius 2 is 1.78 bits per heavy atom. The second-order valence-electron chi connectivity index (χ2n) is 8.41. The van der Waals surface area contributed by atoms with Crippen molar-refractivity contribution in [3.05, 3.63) is 65.5 Å². The lowest BCUT2D eigenvalue weighted by Crippen LogP contribution is -2.56. The van der Waals surface area contributed by atoms with Crippen LogP contribution in [0.5, 0.6) is 0 Å². The van der Waals surface area contributed by atoms with Crippen LogP contribution in [0.15, 0.2) is 48.5 Å². The third kappa shape index (κ3) is 3.32. The molecule has 6 nitrogen and oxygen atoms in total. The first-order valence-corrected chi connectivity index (χ1v) is 11.0. The molecule has 0 aliphatic carbocycles. The van der Waals surface area contributed by atoms with Gasteiger partial charge in [-0.05, 0) is 55.7 Å². The molecule has 0 radical (unpaired) electrons. The number of hydrogen-bond donors (Lipinski definition) is 1. The number of rotatable bonds is 6. The number of aryl methyl sites for hydroxylation is 1. The highest BCUT2D eigenvalue weighted by molar-refractivity contribution is 6.24. The van der Waals surface area contributed by atoms with Crippen LogP contribution in [0.3, 0.4) is 0 Å². The smallest absolute Gasteiger partial charge is 0.327 e. The summed E-state index contributed by atoms with van der Waals surface area (Å²) in [7, 11) is 0. The number of esters is 1. The Morgan fingerprint density at radius 3 is 2.41 bits per heavy atom. The minimum absolute atomic E-state index is 0.169. The maximum Gasteiger partial charge on any atom is 0.327 e. The summed E-state index contributed by atoms with van der Waals surface area (Å²) in [5.41, 5.74) is 0.810. The first-order valence-electron chi connectivity index (χ1n) is 11.0. The highest BCUT2D eigenvalue weighted by Gasteiger charge is 2.68. The van der Waals surface area contributed by atoms with Gasteiger partial charge < -0.3 is 4.74 Å². The average Bonchev–Trinajstić information content (AvgIpc) is 3.24. The Morgan fingerprint density at radius 1 is 1.09 bits per heavy atom. The highest BCUT2D eigenvalue weighted by atomic mass is 19.1. The molecule has 1 N–H and O–H groups in total. The molecule has 4 atom stereocenters. The van der Waals surface area contributed by atoms with Gasteiger partial charge in [0.25, 0.3) is 0 Å². The molecule has 2 aromatic rings. The van der Waals surface area contributed by atoms with Crippen LogP contribution in [-0.4, -0.2) is 29.9 Å². The standard InChI is InChI=1S/C25H27FN2O4/c1-4-14-25(24(31)32-5-2)20-19(21(27-25)18-9-7-6-8-15(18)3)22(29)28(23(20)30)17-12-10-16(26)11-13-17/h6-13,19-21,27H,4-5,14H2,1-3H3. The largest absolute Gasteiger partial charge is 0.465 e. The van der Waals surface area contributed by atoms with Gasteiger partial charge in [-0.3, -0.25) is 19.7 Å². The SMILES string of the molecule is CCCC1(C(=O)OCC)NC(c2ccccc2C)C2C(=O)N(c3ccc(F)cc3)C(=O)C21. The minimum Gasteiger partial charge on any atom is -0.465 e. The predicted octanol–water partition coefficient (Wildman–Crippen LogP) is 3.69. The molecule has 2 heterocycles. The van der Waals surface area contributed by atoms with Gasteiger partial charge in [0.15, 0.2) is 0 Å². The summed E-state index contributed by atoms with van der Waals surface area (Å²) < 4.78 is 18.9. The van der Waals surface area contributed by atoms with E-state index in [1.54, 1.807) is 6.92 Å². The first kappa shape index (κ1) is 22.1. The third-order valence-electron chi connectivity index (χ3n) is 6.55. The lowest BCUT2D eigenvalue weighted by molar-refractivity contribution is -0.155. The number of imide groups is 1. The molecule has 0 spiro atoms. The van der Waals surface area contributed by atoms with Crippen LogP contribution < -0.4 is 10.2 Å². The van der Waals surface area contributed by atoms with Crippen molar-refractivity contribution in [2.45, 2.75) is 45.2 Å². The summed E-state index contributed by atoms with van der Waals surface area (Å²) in [6.07, 6.45) is 0.971. The number of carbonyl (C=O) groups excluding carboxylic acids is 3. The molecule has 2 fully saturated rings. The fraction of sp³-hybridized carbons (Fsp3) is 0.400. The molecule has 0 saturated carbocycles. The number of halogens is 1. The zero-order valence-electron chi connectivity index (χ0n) is 18.4. The molecular weight excluding hydrogens is 411 g/mol. The molecular formula is C25H27FN2O4. The summed E-state index contributed by atoms with van der Waals surface area (Å²) >= 11 is 0. The van der Waals surface area contributed by atoms with Gasteiger partial charge in [-0.2, -0.15) is 0 Å². The Labute approximate surface area is 186 Å². The number of fused-ring (bicyclic) bond motifs is 1. The van der Waals surface area contributed by atoms with Crippen LogP contribution >= 0.6 is 0 Å². The van der Waals surface area contributed by atoms with Crippen LogP contribution in [0, 0.1) is 24.6 Å². The number of carbonyl (C=O) groups is 3. The van der Waals surface area contributed by atoms with E-state index in [0.717, 1.165) is 16.0 Å². The van der Waals surface area contributed by atoms with Gasteiger partial charge in [0.1, 0.15) is 11.4 Å². The van der Waals surface area contributed by atoms with E-state index in [-0.39, 0.29) is 6.61 Å². The van der Waals surface area contributed by atoms with Gasteiger partial charge in [0.05, 0.1) is 24.1 Å². The van der Waals surface area contributed by atoms with E-state index in [9.17, 15) is 18.8 Å². The van der Waals surface area contributed by atoms with Crippen LogP contribution in [0.2, 0.25) is 0 Å². The predicted molar refractivity (Wildman–Crippen MR) is 117 cm³/mol. The van der Waals surface area contributed by atoms with Crippen molar-refractivity contribution in [1.29, 1.82) is 0 Å². The Kier molecular flexibility index (Phi) is 5.86. The molecule has 2 aliphatic heterocycles. The molecule has 2 aliphatic rings. The molecule has 0 bridgehead atoms. The summed E-state index contributed by atoms with van der Waals surface area (Å²) in [6.45, 7) is 5.75.